The number of aromatic amines is 1. The van der Waals surface area contributed by atoms with Crippen LogP contribution in [0.15, 0.2) is 47.5 Å². The Morgan fingerprint density at radius 2 is 2.00 bits per heavy atom. The highest BCUT2D eigenvalue weighted by Gasteiger charge is 2.05. The SMILES string of the molecule is O=c1[nH]c(-c2cncc(I)c2)nc2ccccc12. The molecule has 5 heteroatoms. The summed E-state index contributed by atoms with van der Waals surface area (Å²) in [6.07, 6.45) is 3.44. The first-order valence-electron chi connectivity index (χ1n) is 5.34. The van der Waals surface area contributed by atoms with Crippen LogP contribution in [-0.2, 0) is 0 Å². The quantitative estimate of drug-likeness (QED) is 0.687. The third-order valence-corrected chi connectivity index (χ3v) is 3.18. The van der Waals surface area contributed by atoms with Gasteiger partial charge in [0.1, 0.15) is 5.82 Å². The average molecular weight is 349 g/mol. The van der Waals surface area contributed by atoms with Crippen LogP contribution >= 0.6 is 22.6 Å². The smallest absolute Gasteiger partial charge is 0.259 e. The molecule has 3 rings (SSSR count). The number of H-pyrrole nitrogens is 1. The Bertz CT molecular complexity index is 782. The Hall–Kier alpha value is -1.76. The molecule has 1 aromatic carbocycles. The number of aromatic nitrogens is 3. The molecule has 0 saturated heterocycles. The normalized spacial score (nSPS) is 10.7. The van der Waals surface area contributed by atoms with Crippen LogP contribution in [-0.4, -0.2) is 15.0 Å². The minimum atomic E-state index is -0.130. The van der Waals surface area contributed by atoms with E-state index in [0.29, 0.717) is 16.7 Å². The molecule has 0 aliphatic rings. The summed E-state index contributed by atoms with van der Waals surface area (Å²) in [5.74, 6) is 0.546. The summed E-state index contributed by atoms with van der Waals surface area (Å²) in [7, 11) is 0. The molecule has 0 unspecified atom stereocenters. The Labute approximate surface area is 116 Å². The van der Waals surface area contributed by atoms with Crippen molar-refractivity contribution in [3.8, 4) is 11.4 Å². The predicted molar refractivity (Wildman–Crippen MR) is 78.3 cm³/mol. The number of nitrogens with one attached hydrogen (secondary N) is 1. The van der Waals surface area contributed by atoms with Crippen LogP contribution in [0.4, 0.5) is 0 Å². The van der Waals surface area contributed by atoms with Gasteiger partial charge in [-0.1, -0.05) is 12.1 Å². The number of pyridine rings is 1. The molecule has 88 valence electrons. The molecule has 0 aliphatic carbocycles. The van der Waals surface area contributed by atoms with Gasteiger partial charge in [-0.05, 0) is 40.8 Å². The van der Waals surface area contributed by atoms with E-state index in [-0.39, 0.29) is 5.56 Å². The summed E-state index contributed by atoms with van der Waals surface area (Å²) in [6.45, 7) is 0. The largest absolute Gasteiger partial charge is 0.306 e. The molecule has 3 aromatic rings. The number of rotatable bonds is 1. The average Bonchev–Trinajstić information content (AvgIpc) is 2.39. The van der Waals surface area contributed by atoms with Gasteiger partial charge in [0.25, 0.3) is 5.56 Å². The van der Waals surface area contributed by atoms with Crippen molar-refractivity contribution in [3.05, 3.63) is 56.6 Å². The molecule has 2 aromatic heterocycles. The topological polar surface area (TPSA) is 58.6 Å². The van der Waals surface area contributed by atoms with E-state index in [9.17, 15) is 4.79 Å². The molecule has 0 radical (unpaired) electrons. The molecule has 4 nitrogen and oxygen atoms in total. The van der Waals surface area contributed by atoms with E-state index in [1.54, 1.807) is 18.5 Å². The molecular weight excluding hydrogens is 341 g/mol. The highest BCUT2D eigenvalue weighted by molar-refractivity contribution is 14.1. The lowest BCUT2D eigenvalue weighted by atomic mass is 10.2. The van der Waals surface area contributed by atoms with E-state index in [4.69, 9.17) is 0 Å². The van der Waals surface area contributed by atoms with Crippen LogP contribution in [0.25, 0.3) is 22.3 Å². The second-order valence-electron chi connectivity index (χ2n) is 3.82. The van der Waals surface area contributed by atoms with E-state index >= 15 is 0 Å². The number of halogens is 1. The Balaban J connectivity index is 2.28. The number of hydrogen-bond acceptors (Lipinski definition) is 3. The van der Waals surface area contributed by atoms with Crippen molar-refractivity contribution >= 4 is 33.5 Å². The third-order valence-electron chi connectivity index (χ3n) is 2.59. The number of fused-ring (bicyclic) bond motifs is 1. The van der Waals surface area contributed by atoms with Gasteiger partial charge in [0.15, 0.2) is 0 Å². The third kappa shape index (κ3) is 2.01. The fourth-order valence-electron chi connectivity index (χ4n) is 1.76. The highest BCUT2D eigenvalue weighted by atomic mass is 127. The van der Waals surface area contributed by atoms with Crippen LogP contribution < -0.4 is 5.56 Å². The van der Waals surface area contributed by atoms with Gasteiger partial charge in [0, 0.05) is 21.5 Å². The number of hydrogen-bond donors (Lipinski definition) is 1. The van der Waals surface area contributed by atoms with E-state index in [2.05, 4.69) is 37.5 Å². The van der Waals surface area contributed by atoms with Gasteiger partial charge in [0.05, 0.1) is 10.9 Å². The molecule has 0 bridgehead atoms. The van der Waals surface area contributed by atoms with Crippen LogP contribution in [0.3, 0.4) is 0 Å². The van der Waals surface area contributed by atoms with Gasteiger partial charge in [-0.15, -0.1) is 0 Å². The zero-order chi connectivity index (χ0) is 12.5. The van der Waals surface area contributed by atoms with Crippen molar-refractivity contribution in [1.82, 2.24) is 15.0 Å². The minimum absolute atomic E-state index is 0.130. The minimum Gasteiger partial charge on any atom is -0.306 e. The van der Waals surface area contributed by atoms with Crippen LogP contribution in [0.5, 0.6) is 0 Å². The first-order valence-corrected chi connectivity index (χ1v) is 6.42. The molecule has 0 spiro atoms. The molecule has 0 amide bonds. The van der Waals surface area contributed by atoms with E-state index < -0.39 is 0 Å². The van der Waals surface area contributed by atoms with Crippen molar-refractivity contribution in [1.29, 1.82) is 0 Å². The maximum atomic E-state index is 11.9. The lowest BCUT2D eigenvalue weighted by Gasteiger charge is -2.02. The summed E-state index contributed by atoms with van der Waals surface area (Å²) < 4.78 is 1.00. The molecule has 0 fully saturated rings. The standard InChI is InChI=1S/C13H8IN3O/c14-9-5-8(6-15-7-9)12-16-11-4-2-1-3-10(11)13(18)17-12/h1-7H,(H,16,17,18). The summed E-state index contributed by atoms with van der Waals surface area (Å²) in [5, 5.41) is 0.597. The van der Waals surface area contributed by atoms with Crippen molar-refractivity contribution in [2.24, 2.45) is 0 Å². The van der Waals surface area contributed by atoms with E-state index in [1.165, 1.54) is 0 Å². The van der Waals surface area contributed by atoms with Crippen molar-refractivity contribution in [2.75, 3.05) is 0 Å². The second-order valence-corrected chi connectivity index (χ2v) is 5.07. The fraction of sp³-hybridized carbons (Fsp3) is 0. The van der Waals surface area contributed by atoms with Gasteiger partial charge in [0.2, 0.25) is 0 Å². The zero-order valence-electron chi connectivity index (χ0n) is 9.22. The maximum absolute atomic E-state index is 11.9. The monoisotopic (exact) mass is 349 g/mol. The van der Waals surface area contributed by atoms with Crippen molar-refractivity contribution < 1.29 is 0 Å². The number of nitrogens with zero attached hydrogens (tertiary/aromatic N) is 2. The van der Waals surface area contributed by atoms with Gasteiger partial charge >= 0.3 is 0 Å². The first-order chi connectivity index (χ1) is 8.74. The summed E-state index contributed by atoms with van der Waals surface area (Å²) in [4.78, 5) is 23.3. The predicted octanol–water partition coefficient (Wildman–Crippen LogP) is 2.59. The fourth-order valence-corrected chi connectivity index (χ4v) is 2.26. The first kappa shape index (κ1) is 11.3. The van der Waals surface area contributed by atoms with Crippen molar-refractivity contribution in [3.63, 3.8) is 0 Å². The molecule has 0 atom stereocenters. The number of para-hydroxylation sites is 1. The molecule has 18 heavy (non-hydrogen) atoms. The highest BCUT2D eigenvalue weighted by Crippen LogP contribution is 2.17. The van der Waals surface area contributed by atoms with Gasteiger partial charge in [-0.3, -0.25) is 9.78 Å². The second kappa shape index (κ2) is 4.49. The molecule has 1 N–H and O–H groups in total. The van der Waals surface area contributed by atoms with Crippen molar-refractivity contribution in [2.45, 2.75) is 0 Å². The van der Waals surface area contributed by atoms with Gasteiger partial charge in [-0.2, -0.15) is 0 Å². The van der Waals surface area contributed by atoms with E-state index in [0.717, 1.165) is 9.13 Å². The van der Waals surface area contributed by atoms with Gasteiger partial charge in [-0.25, -0.2) is 4.98 Å². The number of benzene rings is 1. The molecular formula is C13H8IN3O. The lowest BCUT2D eigenvalue weighted by molar-refractivity contribution is 1.16. The van der Waals surface area contributed by atoms with Crippen LogP contribution in [0.1, 0.15) is 0 Å². The van der Waals surface area contributed by atoms with Crippen LogP contribution in [0.2, 0.25) is 0 Å². The molecule has 0 aliphatic heterocycles. The van der Waals surface area contributed by atoms with Gasteiger partial charge < -0.3 is 4.98 Å². The Kier molecular flexibility index (Phi) is 2.83. The lowest BCUT2D eigenvalue weighted by Crippen LogP contribution is -2.09. The molecule has 2 heterocycles. The Morgan fingerprint density at radius 1 is 1.17 bits per heavy atom. The summed E-state index contributed by atoms with van der Waals surface area (Å²) >= 11 is 2.18. The Morgan fingerprint density at radius 3 is 2.83 bits per heavy atom. The zero-order valence-corrected chi connectivity index (χ0v) is 11.4. The summed E-state index contributed by atoms with van der Waals surface area (Å²) in [6, 6.07) is 9.21. The summed E-state index contributed by atoms with van der Waals surface area (Å²) in [5.41, 5.74) is 1.37. The maximum Gasteiger partial charge on any atom is 0.259 e. The van der Waals surface area contributed by atoms with E-state index in [1.807, 2.05) is 24.3 Å². The van der Waals surface area contributed by atoms with Crippen LogP contribution in [0, 0.1) is 3.57 Å². The molecule has 0 saturated carbocycles.